The summed E-state index contributed by atoms with van der Waals surface area (Å²) in [6, 6.07) is 20.2. The van der Waals surface area contributed by atoms with Crippen molar-refractivity contribution in [2.45, 2.75) is 13.8 Å². The van der Waals surface area contributed by atoms with E-state index in [1.54, 1.807) is 12.3 Å². The second-order valence-corrected chi connectivity index (χ2v) is 7.04. The minimum atomic E-state index is -0.418. The lowest BCUT2D eigenvalue weighted by atomic mass is 10.0. The molecular weight excluding hydrogens is 370 g/mol. The molecule has 0 spiro atoms. The molecule has 0 aliphatic rings. The predicted octanol–water partition coefficient (Wildman–Crippen LogP) is 5.15. The van der Waals surface area contributed by atoms with E-state index in [0.717, 1.165) is 28.1 Å². The molecule has 2 aromatic heterocycles. The summed E-state index contributed by atoms with van der Waals surface area (Å²) in [5.41, 5.74) is 5.30. The number of esters is 1. The van der Waals surface area contributed by atoms with Gasteiger partial charge in [-0.05, 0) is 13.8 Å². The maximum atomic E-state index is 12.0. The van der Waals surface area contributed by atoms with E-state index in [1.165, 1.54) is 11.3 Å². The van der Waals surface area contributed by atoms with Crippen LogP contribution in [-0.4, -0.2) is 27.3 Å². The number of ether oxygens (including phenoxy) is 1. The fraction of sp³-hybridized carbons (Fsp3) is 0.136. The van der Waals surface area contributed by atoms with Gasteiger partial charge in [0.15, 0.2) is 5.69 Å². The summed E-state index contributed by atoms with van der Waals surface area (Å²) in [6.07, 6.45) is 0. The number of rotatable bonds is 5. The molecule has 5 nitrogen and oxygen atoms in total. The number of thiazole rings is 1. The van der Waals surface area contributed by atoms with E-state index in [1.807, 2.05) is 53.2 Å². The monoisotopic (exact) mass is 389 g/mol. The lowest BCUT2D eigenvalue weighted by Gasteiger charge is -2.05. The Labute approximate surface area is 167 Å². The van der Waals surface area contributed by atoms with Gasteiger partial charge in [0, 0.05) is 22.1 Å². The molecule has 0 aliphatic heterocycles. The highest BCUT2D eigenvalue weighted by Crippen LogP contribution is 2.34. The predicted molar refractivity (Wildman–Crippen MR) is 111 cm³/mol. The zero-order valence-corrected chi connectivity index (χ0v) is 16.4. The van der Waals surface area contributed by atoms with Crippen molar-refractivity contribution in [3.8, 4) is 27.6 Å². The molecule has 0 fully saturated rings. The van der Waals surface area contributed by atoms with E-state index in [4.69, 9.17) is 9.84 Å². The Bertz CT molecular complexity index is 1100. The zero-order chi connectivity index (χ0) is 19.5. The first-order valence-electron chi connectivity index (χ1n) is 9.02. The summed E-state index contributed by atoms with van der Waals surface area (Å²) >= 11 is 1.37. The van der Waals surface area contributed by atoms with Crippen LogP contribution in [-0.2, 0) is 4.74 Å². The molecule has 140 valence electrons. The van der Waals surface area contributed by atoms with Gasteiger partial charge in [-0.3, -0.25) is 0 Å². The lowest BCUT2D eigenvalue weighted by molar-refractivity contribution is 0.0520. The van der Waals surface area contributed by atoms with Crippen molar-refractivity contribution < 1.29 is 9.53 Å². The second kappa shape index (κ2) is 7.78. The largest absolute Gasteiger partial charge is 0.461 e. The third-order valence-electron chi connectivity index (χ3n) is 4.37. The van der Waals surface area contributed by atoms with Crippen LogP contribution in [0.5, 0.6) is 0 Å². The van der Waals surface area contributed by atoms with Gasteiger partial charge in [-0.15, -0.1) is 11.3 Å². The molecule has 0 N–H and O–H groups in total. The van der Waals surface area contributed by atoms with E-state index >= 15 is 0 Å². The Hall–Kier alpha value is -3.25. The lowest BCUT2D eigenvalue weighted by Crippen LogP contribution is -2.06. The highest BCUT2D eigenvalue weighted by molar-refractivity contribution is 7.12. The smallest absolute Gasteiger partial charge is 0.357 e. The SMILES string of the molecule is CCOC(=O)c1csc(-n2nc(-c3ccccc3)c(C)c2-c2ccccc2)n1. The summed E-state index contributed by atoms with van der Waals surface area (Å²) in [7, 11) is 0. The number of hydrogen-bond donors (Lipinski definition) is 0. The molecule has 0 amide bonds. The van der Waals surface area contributed by atoms with E-state index in [2.05, 4.69) is 24.0 Å². The fourth-order valence-electron chi connectivity index (χ4n) is 3.10. The van der Waals surface area contributed by atoms with Crippen molar-refractivity contribution in [2.24, 2.45) is 0 Å². The first-order valence-corrected chi connectivity index (χ1v) is 9.90. The molecule has 4 rings (SSSR count). The third kappa shape index (κ3) is 3.34. The molecule has 0 radical (unpaired) electrons. The number of nitrogens with zero attached hydrogens (tertiary/aromatic N) is 3. The van der Waals surface area contributed by atoms with Crippen molar-refractivity contribution in [1.82, 2.24) is 14.8 Å². The van der Waals surface area contributed by atoms with Crippen LogP contribution in [0.1, 0.15) is 23.0 Å². The molecule has 0 unspecified atom stereocenters. The Morgan fingerprint density at radius 3 is 2.32 bits per heavy atom. The third-order valence-corrected chi connectivity index (χ3v) is 5.19. The van der Waals surface area contributed by atoms with Crippen LogP contribution in [0.3, 0.4) is 0 Å². The van der Waals surface area contributed by atoms with Crippen molar-refractivity contribution >= 4 is 17.3 Å². The molecule has 28 heavy (non-hydrogen) atoms. The van der Waals surface area contributed by atoms with Crippen LogP contribution in [0.4, 0.5) is 0 Å². The second-order valence-electron chi connectivity index (χ2n) is 6.20. The standard InChI is InChI=1S/C22H19N3O2S/c1-3-27-21(26)18-14-28-22(23-18)25-20(17-12-8-5-9-13-17)15(2)19(24-25)16-10-6-4-7-11-16/h4-14H,3H2,1-2H3. The van der Waals surface area contributed by atoms with E-state index in [9.17, 15) is 4.79 Å². The van der Waals surface area contributed by atoms with Crippen LogP contribution in [0.15, 0.2) is 66.0 Å². The van der Waals surface area contributed by atoms with Crippen molar-refractivity contribution in [2.75, 3.05) is 6.61 Å². The van der Waals surface area contributed by atoms with Crippen molar-refractivity contribution in [3.05, 3.63) is 77.3 Å². The molecule has 0 saturated carbocycles. The van der Waals surface area contributed by atoms with Gasteiger partial charge in [0.05, 0.1) is 18.0 Å². The number of carbonyl (C=O) groups is 1. The molecule has 6 heteroatoms. The summed E-state index contributed by atoms with van der Waals surface area (Å²) in [4.78, 5) is 16.5. The highest BCUT2D eigenvalue weighted by Gasteiger charge is 2.21. The van der Waals surface area contributed by atoms with E-state index in [0.29, 0.717) is 17.4 Å². The first-order chi connectivity index (χ1) is 13.7. The minimum absolute atomic E-state index is 0.301. The number of aromatic nitrogens is 3. The Morgan fingerprint density at radius 2 is 1.68 bits per heavy atom. The van der Waals surface area contributed by atoms with Crippen LogP contribution in [0.2, 0.25) is 0 Å². The summed E-state index contributed by atoms with van der Waals surface area (Å²) in [6.45, 7) is 4.16. The van der Waals surface area contributed by atoms with Gasteiger partial charge in [-0.2, -0.15) is 5.10 Å². The zero-order valence-electron chi connectivity index (χ0n) is 15.6. The Balaban J connectivity index is 1.88. The van der Waals surface area contributed by atoms with Crippen LogP contribution in [0.25, 0.3) is 27.6 Å². The van der Waals surface area contributed by atoms with Gasteiger partial charge in [0.25, 0.3) is 0 Å². The molecule has 2 heterocycles. The summed E-state index contributed by atoms with van der Waals surface area (Å²) < 4.78 is 6.89. The molecule has 4 aromatic rings. The number of hydrogen-bond acceptors (Lipinski definition) is 5. The van der Waals surface area contributed by atoms with Gasteiger partial charge in [-0.1, -0.05) is 60.7 Å². The summed E-state index contributed by atoms with van der Waals surface area (Å²) in [5, 5.41) is 7.20. The Kier molecular flexibility index (Phi) is 5.04. The van der Waals surface area contributed by atoms with Crippen LogP contribution < -0.4 is 0 Å². The van der Waals surface area contributed by atoms with Gasteiger partial charge < -0.3 is 4.74 Å². The van der Waals surface area contributed by atoms with Crippen LogP contribution in [0, 0.1) is 6.92 Å². The molecule has 0 aliphatic carbocycles. The maximum absolute atomic E-state index is 12.0. The highest BCUT2D eigenvalue weighted by atomic mass is 32.1. The molecule has 0 saturated heterocycles. The number of carbonyl (C=O) groups excluding carboxylic acids is 1. The Morgan fingerprint density at radius 1 is 1.04 bits per heavy atom. The molecule has 0 bridgehead atoms. The molecule has 0 atom stereocenters. The van der Waals surface area contributed by atoms with Gasteiger partial charge in [0.1, 0.15) is 0 Å². The first kappa shape index (κ1) is 18.1. The quantitative estimate of drug-likeness (QED) is 0.443. The van der Waals surface area contributed by atoms with E-state index < -0.39 is 5.97 Å². The average Bonchev–Trinajstić information content (AvgIpc) is 3.34. The normalized spacial score (nSPS) is 10.8. The minimum Gasteiger partial charge on any atom is -0.461 e. The summed E-state index contributed by atoms with van der Waals surface area (Å²) in [5.74, 6) is -0.418. The van der Waals surface area contributed by atoms with Gasteiger partial charge in [0.2, 0.25) is 5.13 Å². The van der Waals surface area contributed by atoms with Gasteiger partial charge >= 0.3 is 5.97 Å². The molecular formula is C22H19N3O2S. The van der Waals surface area contributed by atoms with Crippen molar-refractivity contribution in [1.29, 1.82) is 0 Å². The average molecular weight is 389 g/mol. The van der Waals surface area contributed by atoms with Crippen molar-refractivity contribution in [3.63, 3.8) is 0 Å². The number of benzene rings is 2. The topological polar surface area (TPSA) is 57.0 Å². The van der Waals surface area contributed by atoms with Gasteiger partial charge in [-0.25, -0.2) is 14.5 Å². The van der Waals surface area contributed by atoms with E-state index in [-0.39, 0.29) is 0 Å². The fourth-order valence-corrected chi connectivity index (χ4v) is 3.85. The maximum Gasteiger partial charge on any atom is 0.357 e. The molecule has 2 aromatic carbocycles. The van der Waals surface area contributed by atoms with Crippen LogP contribution >= 0.6 is 11.3 Å².